The SMILES string of the molecule is O=C(CCc1ncc(-c2c(F)cccc2F)o1)NC(Cc1ccccc1)c1nc2ccccc2[nH]1. The highest BCUT2D eigenvalue weighted by Gasteiger charge is 2.20. The molecule has 2 heterocycles. The number of hydrogen-bond acceptors (Lipinski definition) is 4. The van der Waals surface area contributed by atoms with E-state index in [2.05, 4.69) is 20.3 Å². The molecule has 8 heteroatoms. The van der Waals surface area contributed by atoms with E-state index in [-0.39, 0.29) is 42.0 Å². The fourth-order valence-corrected chi connectivity index (χ4v) is 3.97. The van der Waals surface area contributed by atoms with Crippen LogP contribution < -0.4 is 5.32 Å². The molecule has 0 saturated heterocycles. The molecular formula is C27H22F2N4O2. The number of carbonyl (C=O) groups excluding carboxylic acids is 1. The molecule has 0 spiro atoms. The Kier molecular flexibility index (Phi) is 6.34. The van der Waals surface area contributed by atoms with Crippen molar-refractivity contribution >= 4 is 16.9 Å². The summed E-state index contributed by atoms with van der Waals surface area (Å²) in [5, 5.41) is 3.05. The monoisotopic (exact) mass is 472 g/mol. The fourth-order valence-electron chi connectivity index (χ4n) is 3.97. The van der Waals surface area contributed by atoms with Gasteiger partial charge in [-0.25, -0.2) is 18.7 Å². The Labute approximate surface area is 200 Å². The lowest BCUT2D eigenvalue weighted by Crippen LogP contribution is -2.31. The van der Waals surface area contributed by atoms with Crippen molar-refractivity contribution in [2.24, 2.45) is 0 Å². The number of aryl methyl sites for hydroxylation is 1. The molecule has 0 aliphatic heterocycles. The number of imidazole rings is 1. The summed E-state index contributed by atoms with van der Waals surface area (Å²) < 4.78 is 33.6. The van der Waals surface area contributed by atoms with Gasteiger partial charge in [0.05, 0.1) is 28.8 Å². The molecule has 5 aromatic rings. The Morgan fingerprint density at radius 2 is 1.71 bits per heavy atom. The Morgan fingerprint density at radius 1 is 0.971 bits per heavy atom. The Morgan fingerprint density at radius 3 is 2.49 bits per heavy atom. The van der Waals surface area contributed by atoms with E-state index in [0.29, 0.717) is 12.2 Å². The molecule has 2 aromatic heterocycles. The zero-order valence-corrected chi connectivity index (χ0v) is 18.7. The molecule has 0 aliphatic carbocycles. The van der Waals surface area contributed by atoms with Gasteiger partial charge in [0, 0.05) is 12.8 Å². The van der Waals surface area contributed by atoms with Crippen LogP contribution in [0.25, 0.3) is 22.4 Å². The largest absolute Gasteiger partial charge is 0.441 e. The van der Waals surface area contributed by atoms with Crippen molar-refractivity contribution in [1.82, 2.24) is 20.3 Å². The molecule has 6 nitrogen and oxygen atoms in total. The molecule has 3 aromatic carbocycles. The predicted molar refractivity (Wildman–Crippen MR) is 127 cm³/mol. The van der Waals surface area contributed by atoms with Crippen LogP contribution in [0.3, 0.4) is 0 Å². The maximum atomic E-state index is 14.0. The molecule has 0 bridgehead atoms. The zero-order valence-electron chi connectivity index (χ0n) is 18.7. The molecule has 2 N–H and O–H groups in total. The maximum absolute atomic E-state index is 14.0. The van der Waals surface area contributed by atoms with Gasteiger partial charge in [-0.1, -0.05) is 48.5 Å². The summed E-state index contributed by atoms with van der Waals surface area (Å²) >= 11 is 0. The number of nitrogens with one attached hydrogen (secondary N) is 2. The average molecular weight is 472 g/mol. The van der Waals surface area contributed by atoms with Gasteiger partial charge in [-0.3, -0.25) is 4.79 Å². The number of halogens is 2. The third-order valence-electron chi connectivity index (χ3n) is 5.68. The second-order valence-electron chi connectivity index (χ2n) is 8.16. The summed E-state index contributed by atoms with van der Waals surface area (Å²) in [6.07, 6.45) is 2.09. The molecule has 0 fully saturated rings. The maximum Gasteiger partial charge on any atom is 0.221 e. The number of carbonyl (C=O) groups is 1. The van der Waals surface area contributed by atoms with Crippen LogP contribution in [-0.2, 0) is 17.6 Å². The molecule has 0 saturated carbocycles. The van der Waals surface area contributed by atoms with Crippen molar-refractivity contribution < 1.29 is 18.0 Å². The van der Waals surface area contributed by atoms with E-state index in [1.807, 2.05) is 54.6 Å². The van der Waals surface area contributed by atoms with E-state index < -0.39 is 11.6 Å². The highest BCUT2D eigenvalue weighted by molar-refractivity contribution is 5.77. The van der Waals surface area contributed by atoms with Gasteiger partial charge in [0.1, 0.15) is 17.5 Å². The standard InChI is InChI=1S/C27H22F2N4O2/c28-18-9-6-10-19(29)26(18)23-16-30-25(35-23)14-13-24(34)31-22(15-17-7-2-1-3-8-17)27-32-20-11-4-5-12-21(20)33-27/h1-12,16,22H,13-15H2,(H,31,34)(H,32,33). The predicted octanol–water partition coefficient (Wildman–Crippen LogP) is 5.53. The summed E-state index contributed by atoms with van der Waals surface area (Å²) in [6, 6.07) is 20.7. The van der Waals surface area contributed by atoms with Gasteiger partial charge < -0.3 is 14.7 Å². The number of para-hydroxylation sites is 2. The van der Waals surface area contributed by atoms with Gasteiger partial charge in [0.25, 0.3) is 0 Å². The number of benzene rings is 3. The van der Waals surface area contributed by atoms with E-state index in [1.165, 1.54) is 12.3 Å². The van der Waals surface area contributed by atoms with E-state index >= 15 is 0 Å². The molecule has 35 heavy (non-hydrogen) atoms. The Bertz CT molecular complexity index is 1410. The minimum Gasteiger partial charge on any atom is -0.441 e. The highest BCUT2D eigenvalue weighted by atomic mass is 19.1. The van der Waals surface area contributed by atoms with Crippen LogP contribution in [0.4, 0.5) is 8.78 Å². The topological polar surface area (TPSA) is 83.8 Å². The number of aromatic amines is 1. The number of fused-ring (bicyclic) bond motifs is 1. The van der Waals surface area contributed by atoms with Crippen molar-refractivity contribution in [2.75, 3.05) is 0 Å². The van der Waals surface area contributed by atoms with Gasteiger partial charge >= 0.3 is 0 Å². The normalized spacial score (nSPS) is 12.1. The molecule has 0 radical (unpaired) electrons. The van der Waals surface area contributed by atoms with Crippen LogP contribution in [0.2, 0.25) is 0 Å². The minimum absolute atomic E-state index is 0.0137. The number of nitrogens with zero attached hydrogens (tertiary/aromatic N) is 2. The first-order valence-electron chi connectivity index (χ1n) is 11.2. The van der Waals surface area contributed by atoms with E-state index in [9.17, 15) is 13.6 Å². The lowest BCUT2D eigenvalue weighted by molar-refractivity contribution is -0.121. The molecule has 176 valence electrons. The number of amides is 1. The van der Waals surface area contributed by atoms with E-state index in [4.69, 9.17) is 4.42 Å². The second kappa shape index (κ2) is 9.89. The number of aromatic nitrogens is 3. The lowest BCUT2D eigenvalue weighted by Gasteiger charge is -2.17. The van der Waals surface area contributed by atoms with Crippen molar-refractivity contribution in [3.05, 3.63) is 108 Å². The first kappa shape index (κ1) is 22.5. The van der Waals surface area contributed by atoms with Gasteiger partial charge in [0.2, 0.25) is 5.91 Å². The molecule has 5 rings (SSSR count). The summed E-state index contributed by atoms with van der Waals surface area (Å²) in [5.74, 6) is -0.818. The lowest BCUT2D eigenvalue weighted by atomic mass is 10.1. The summed E-state index contributed by atoms with van der Waals surface area (Å²) in [4.78, 5) is 24.9. The average Bonchev–Trinajstić information content (AvgIpc) is 3.50. The Hall–Kier alpha value is -4.33. The van der Waals surface area contributed by atoms with Gasteiger partial charge in [-0.2, -0.15) is 0 Å². The smallest absolute Gasteiger partial charge is 0.221 e. The van der Waals surface area contributed by atoms with Crippen LogP contribution in [-0.4, -0.2) is 20.9 Å². The minimum atomic E-state index is -0.736. The number of rotatable bonds is 8. The second-order valence-corrected chi connectivity index (χ2v) is 8.16. The number of oxazole rings is 1. The third kappa shape index (κ3) is 5.11. The van der Waals surface area contributed by atoms with Crippen molar-refractivity contribution in [2.45, 2.75) is 25.3 Å². The van der Waals surface area contributed by atoms with Gasteiger partial charge in [-0.15, -0.1) is 0 Å². The van der Waals surface area contributed by atoms with Crippen molar-refractivity contribution in [1.29, 1.82) is 0 Å². The third-order valence-corrected chi connectivity index (χ3v) is 5.68. The summed E-state index contributed by atoms with van der Waals surface area (Å²) in [7, 11) is 0. The molecule has 1 unspecified atom stereocenters. The summed E-state index contributed by atoms with van der Waals surface area (Å²) in [6.45, 7) is 0. The van der Waals surface area contributed by atoms with Crippen molar-refractivity contribution in [3.8, 4) is 11.3 Å². The van der Waals surface area contributed by atoms with Crippen LogP contribution in [0, 0.1) is 11.6 Å². The first-order chi connectivity index (χ1) is 17.1. The van der Waals surface area contributed by atoms with Gasteiger partial charge in [-0.05, 0) is 36.2 Å². The Balaban J connectivity index is 1.29. The summed E-state index contributed by atoms with van der Waals surface area (Å²) in [5.41, 5.74) is 2.50. The van der Waals surface area contributed by atoms with Gasteiger partial charge in [0.15, 0.2) is 11.7 Å². The fraction of sp³-hybridized carbons (Fsp3) is 0.148. The van der Waals surface area contributed by atoms with Crippen molar-refractivity contribution in [3.63, 3.8) is 0 Å². The van der Waals surface area contributed by atoms with Crippen LogP contribution in [0.5, 0.6) is 0 Å². The first-order valence-corrected chi connectivity index (χ1v) is 11.2. The molecule has 1 amide bonds. The number of hydrogen-bond donors (Lipinski definition) is 2. The highest BCUT2D eigenvalue weighted by Crippen LogP contribution is 2.27. The van der Waals surface area contributed by atoms with E-state index in [0.717, 1.165) is 28.7 Å². The number of H-pyrrole nitrogens is 1. The van der Waals surface area contributed by atoms with Crippen LogP contribution >= 0.6 is 0 Å². The molecule has 0 aliphatic rings. The van der Waals surface area contributed by atoms with Crippen LogP contribution in [0.1, 0.15) is 29.7 Å². The quantitative estimate of drug-likeness (QED) is 0.311. The molecular weight excluding hydrogens is 450 g/mol. The molecule has 1 atom stereocenters. The van der Waals surface area contributed by atoms with Crippen LogP contribution in [0.15, 0.2) is 83.4 Å². The van der Waals surface area contributed by atoms with E-state index in [1.54, 1.807) is 0 Å². The zero-order chi connectivity index (χ0) is 24.2.